The third-order valence-electron chi connectivity index (χ3n) is 3.80. The van der Waals surface area contributed by atoms with Gasteiger partial charge in [-0.2, -0.15) is 5.26 Å². The molecular formula is C14H18N2O. The summed E-state index contributed by atoms with van der Waals surface area (Å²) in [5, 5.41) is 9.26. The van der Waals surface area contributed by atoms with Crippen LogP contribution in [0.2, 0.25) is 0 Å². The van der Waals surface area contributed by atoms with Gasteiger partial charge in [0.05, 0.1) is 18.6 Å². The molecule has 90 valence electrons. The molecule has 1 aromatic rings. The zero-order chi connectivity index (χ0) is 12.5. The van der Waals surface area contributed by atoms with Gasteiger partial charge in [0.1, 0.15) is 5.75 Å². The molecule has 1 heterocycles. The molecule has 3 nitrogen and oxygen atoms in total. The number of ether oxygens (including phenoxy) is 1. The minimum absolute atomic E-state index is 0.169. The number of hydrogen-bond acceptors (Lipinski definition) is 3. The molecule has 1 fully saturated rings. The summed E-state index contributed by atoms with van der Waals surface area (Å²) in [5.41, 5.74) is 2.97. The summed E-state index contributed by atoms with van der Waals surface area (Å²) in [4.78, 5) is 4.47. The highest BCUT2D eigenvalue weighted by Gasteiger charge is 2.38. The Bertz CT molecular complexity index is 470. The Kier molecular flexibility index (Phi) is 3.06. The van der Waals surface area contributed by atoms with Crippen molar-refractivity contribution in [3.05, 3.63) is 23.0 Å². The molecule has 0 atom stereocenters. The maximum absolute atomic E-state index is 9.26. The van der Waals surface area contributed by atoms with E-state index in [1.54, 1.807) is 7.11 Å². The lowest BCUT2D eigenvalue weighted by Gasteiger charge is -2.35. The molecular weight excluding hydrogens is 212 g/mol. The van der Waals surface area contributed by atoms with E-state index < -0.39 is 0 Å². The number of aromatic nitrogens is 1. The largest absolute Gasteiger partial charge is 0.496 e. The van der Waals surface area contributed by atoms with Crippen LogP contribution in [0.3, 0.4) is 0 Å². The van der Waals surface area contributed by atoms with E-state index in [0.717, 1.165) is 48.3 Å². The number of nitriles is 1. The Hall–Kier alpha value is -1.56. The van der Waals surface area contributed by atoms with Crippen LogP contribution in [-0.2, 0) is 6.42 Å². The Morgan fingerprint density at radius 3 is 2.65 bits per heavy atom. The number of rotatable bonds is 3. The molecule has 0 aliphatic heterocycles. The van der Waals surface area contributed by atoms with E-state index >= 15 is 0 Å². The second kappa shape index (κ2) is 4.37. The summed E-state index contributed by atoms with van der Waals surface area (Å²) in [6, 6.07) is 2.46. The zero-order valence-corrected chi connectivity index (χ0v) is 10.7. The molecule has 3 heteroatoms. The zero-order valence-electron chi connectivity index (χ0n) is 10.7. The van der Waals surface area contributed by atoms with Crippen molar-refractivity contribution >= 4 is 0 Å². The molecule has 0 radical (unpaired) electrons. The molecule has 0 saturated heterocycles. The van der Waals surface area contributed by atoms with Crippen molar-refractivity contribution in [2.24, 2.45) is 5.41 Å². The molecule has 17 heavy (non-hydrogen) atoms. The summed E-state index contributed by atoms with van der Waals surface area (Å²) in [6.07, 6.45) is 5.76. The number of nitrogens with zero attached hydrogens (tertiary/aromatic N) is 2. The lowest BCUT2D eigenvalue weighted by molar-refractivity contribution is 0.211. The molecule has 1 aliphatic carbocycles. The summed E-state index contributed by atoms with van der Waals surface area (Å²) < 4.78 is 5.39. The summed E-state index contributed by atoms with van der Waals surface area (Å²) in [5.74, 6) is 0.905. The average molecular weight is 230 g/mol. The second-order valence-corrected chi connectivity index (χ2v) is 4.97. The van der Waals surface area contributed by atoms with Crippen LogP contribution in [0, 0.1) is 30.6 Å². The molecule has 0 spiro atoms. The van der Waals surface area contributed by atoms with Crippen molar-refractivity contribution in [3.8, 4) is 11.8 Å². The first-order chi connectivity index (χ1) is 8.12. The van der Waals surface area contributed by atoms with Crippen molar-refractivity contribution in [1.82, 2.24) is 4.98 Å². The fourth-order valence-corrected chi connectivity index (χ4v) is 2.50. The van der Waals surface area contributed by atoms with Gasteiger partial charge >= 0.3 is 0 Å². The molecule has 0 aromatic carbocycles. The molecule has 0 bridgehead atoms. The average Bonchev–Trinajstić information content (AvgIpc) is 2.27. The summed E-state index contributed by atoms with van der Waals surface area (Å²) in [6.45, 7) is 4.02. The van der Waals surface area contributed by atoms with E-state index in [1.165, 1.54) is 0 Å². The molecule has 2 rings (SSSR count). The Morgan fingerprint density at radius 1 is 1.47 bits per heavy atom. The summed E-state index contributed by atoms with van der Waals surface area (Å²) in [7, 11) is 1.68. The normalized spacial score (nSPS) is 17.1. The van der Waals surface area contributed by atoms with Crippen LogP contribution in [0.5, 0.6) is 5.75 Å². The topological polar surface area (TPSA) is 45.9 Å². The van der Waals surface area contributed by atoms with E-state index in [1.807, 2.05) is 20.0 Å². The predicted molar refractivity (Wildman–Crippen MR) is 65.9 cm³/mol. The highest BCUT2D eigenvalue weighted by atomic mass is 16.5. The molecule has 0 N–H and O–H groups in total. The van der Waals surface area contributed by atoms with Gasteiger partial charge in [0.25, 0.3) is 0 Å². The Labute approximate surface area is 102 Å². The van der Waals surface area contributed by atoms with E-state index in [-0.39, 0.29) is 5.41 Å². The monoisotopic (exact) mass is 230 g/mol. The number of aryl methyl sites for hydroxylation is 1. The van der Waals surface area contributed by atoms with Crippen LogP contribution in [0.4, 0.5) is 0 Å². The van der Waals surface area contributed by atoms with Crippen LogP contribution < -0.4 is 4.74 Å². The van der Waals surface area contributed by atoms with Crippen molar-refractivity contribution in [2.75, 3.05) is 7.11 Å². The second-order valence-electron chi connectivity index (χ2n) is 4.97. The van der Waals surface area contributed by atoms with Gasteiger partial charge in [0.2, 0.25) is 0 Å². The standard InChI is InChI=1S/C14H18N2O/c1-10-8-16-12(11(2)13(10)17-3)7-14(9-15)5-4-6-14/h8H,4-7H2,1-3H3. The van der Waals surface area contributed by atoms with Crippen molar-refractivity contribution in [3.63, 3.8) is 0 Å². The first kappa shape index (κ1) is 11.9. The van der Waals surface area contributed by atoms with Crippen molar-refractivity contribution in [2.45, 2.75) is 39.5 Å². The summed E-state index contributed by atoms with van der Waals surface area (Å²) >= 11 is 0. The first-order valence-corrected chi connectivity index (χ1v) is 6.02. The van der Waals surface area contributed by atoms with Gasteiger partial charge < -0.3 is 4.74 Å². The highest BCUT2D eigenvalue weighted by Crippen LogP contribution is 2.43. The van der Waals surface area contributed by atoms with Crippen LogP contribution in [-0.4, -0.2) is 12.1 Å². The van der Waals surface area contributed by atoms with Gasteiger partial charge in [0.15, 0.2) is 0 Å². The smallest absolute Gasteiger partial charge is 0.128 e. The highest BCUT2D eigenvalue weighted by molar-refractivity contribution is 5.41. The number of hydrogen-bond donors (Lipinski definition) is 0. The fourth-order valence-electron chi connectivity index (χ4n) is 2.50. The van der Waals surface area contributed by atoms with Crippen LogP contribution in [0.25, 0.3) is 0 Å². The SMILES string of the molecule is COc1c(C)cnc(CC2(C#N)CCC2)c1C. The van der Waals surface area contributed by atoms with Crippen LogP contribution >= 0.6 is 0 Å². The molecule has 0 unspecified atom stereocenters. The van der Waals surface area contributed by atoms with Crippen molar-refractivity contribution in [1.29, 1.82) is 5.26 Å². The molecule has 1 aliphatic rings. The third kappa shape index (κ3) is 2.00. The molecule has 1 saturated carbocycles. The number of methoxy groups -OCH3 is 1. The maximum Gasteiger partial charge on any atom is 0.128 e. The quantitative estimate of drug-likeness (QED) is 0.802. The molecule has 0 amide bonds. The first-order valence-electron chi connectivity index (χ1n) is 6.02. The Balaban J connectivity index is 2.31. The van der Waals surface area contributed by atoms with Gasteiger partial charge in [-0.1, -0.05) is 6.42 Å². The van der Waals surface area contributed by atoms with Gasteiger partial charge in [-0.3, -0.25) is 4.98 Å². The van der Waals surface area contributed by atoms with Gasteiger partial charge in [-0.05, 0) is 26.7 Å². The minimum Gasteiger partial charge on any atom is -0.496 e. The lowest BCUT2D eigenvalue weighted by atomic mass is 9.67. The lowest BCUT2D eigenvalue weighted by Crippen LogP contribution is -2.30. The van der Waals surface area contributed by atoms with E-state index in [9.17, 15) is 5.26 Å². The van der Waals surface area contributed by atoms with E-state index in [0.29, 0.717) is 0 Å². The van der Waals surface area contributed by atoms with Gasteiger partial charge in [-0.15, -0.1) is 0 Å². The van der Waals surface area contributed by atoms with Gasteiger partial charge in [-0.25, -0.2) is 0 Å². The fraction of sp³-hybridized carbons (Fsp3) is 0.571. The predicted octanol–water partition coefficient (Wildman–Crippen LogP) is 2.94. The maximum atomic E-state index is 9.26. The van der Waals surface area contributed by atoms with E-state index in [2.05, 4.69) is 11.1 Å². The Morgan fingerprint density at radius 2 is 2.18 bits per heavy atom. The number of pyridine rings is 1. The van der Waals surface area contributed by atoms with Crippen LogP contribution in [0.15, 0.2) is 6.20 Å². The van der Waals surface area contributed by atoms with Gasteiger partial charge in [0, 0.05) is 29.4 Å². The minimum atomic E-state index is -0.169. The van der Waals surface area contributed by atoms with E-state index in [4.69, 9.17) is 4.74 Å². The van der Waals surface area contributed by atoms with Crippen molar-refractivity contribution < 1.29 is 4.74 Å². The van der Waals surface area contributed by atoms with Crippen LogP contribution in [0.1, 0.15) is 36.1 Å². The molecule has 1 aromatic heterocycles. The third-order valence-corrected chi connectivity index (χ3v) is 3.80.